The first kappa shape index (κ1) is 14.8. The van der Waals surface area contributed by atoms with Crippen molar-refractivity contribution in [2.75, 3.05) is 11.1 Å². The molecule has 108 valence electrons. The van der Waals surface area contributed by atoms with Gasteiger partial charge in [0.25, 0.3) is 0 Å². The number of hydrogen-bond donors (Lipinski definition) is 2. The standard InChI is InChI=1S/C15H22N4S/c1-3-4-5-7-11(2)18-15-13(14(16)19-20-15)12-8-6-9-17-10-12/h6,8-11,18H,3-5,7H2,1-2H3,(H2,16,19). The van der Waals surface area contributed by atoms with E-state index in [0.717, 1.165) is 22.5 Å². The Kier molecular flexibility index (Phi) is 5.35. The van der Waals surface area contributed by atoms with Crippen molar-refractivity contribution in [1.82, 2.24) is 9.36 Å². The maximum absolute atomic E-state index is 6.00. The number of nitrogens with one attached hydrogen (secondary N) is 1. The van der Waals surface area contributed by atoms with Crippen LogP contribution in [0.3, 0.4) is 0 Å². The molecule has 0 fully saturated rings. The van der Waals surface area contributed by atoms with Crippen LogP contribution in [0.1, 0.15) is 39.5 Å². The zero-order valence-electron chi connectivity index (χ0n) is 12.1. The number of unbranched alkanes of at least 4 members (excludes halogenated alkanes) is 2. The first-order valence-corrected chi connectivity index (χ1v) is 7.91. The number of hydrogen-bond acceptors (Lipinski definition) is 5. The van der Waals surface area contributed by atoms with Crippen LogP contribution in [0, 0.1) is 0 Å². The molecule has 0 saturated heterocycles. The molecule has 2 heterocycles. The first-order chi connectivity index (χ1) is 9.72. The first-order valence-electron chi connectivity index (χ1n) is 7.14. The Labute approximate surface area is 124 Å². The van der Waals surface area contributed by atoms with E-state index >= 15 is 0 Å². The van der Waals surface area contributed by atoms with E-state index in [-0.39, 0.29) is 0 Å². The van der Waals surface area contributed by atoms with Crippen LogP contribution in [0.15, 0.2) is 24.5 Å². The van der Waals surface area contributed by atoms with E-state index in [9.17, 15) is 0 Å². The normalized spacial score (nSPS) is 12.3. The lowest BCUT2D eigenvalue weighted by molar-refractivity contribution is 0.616. The predicted molar refractivity (Wildman–Crippen MR) is 87.0 cm³/mol. The maximum atomic E-state index is 6.00. The molecule has 0 aliphatic carbocycles. The molecule has 0 radical (unpaired) electrons. The number of nitrogens with zero attached hydrogens (tertiary/aromatic N) is 2. The number of anilines is 2. The highest BCUT2D eigenvalue weighted by Crippen LogP contribution is 2.36. The van der Waals surface area contributed by atoms with Crippen molar-refractivity contribution >= 4 is 22.4 Å². The summed E-state index contributed by atoms with van der Waals surface area (Å²) in [6, 6.07) is 4.36. The average Bonchev–Trinajstić information content (AvgIpc) is 2.81. The van der Waals surface area contributed by atoms with Gasteiger partial charge in [0.2, 0.25) is 0 Å². The Morgan fingerprint density at radius 2 is 2.25 bits per heavy atom. The second-order valence-corrected chi connectivity index (χ2v) is 5.83. The molecule has 2 rings (SSSR count). The lowest BCUT2D eigenvalue weighted by atomic mass is 10.1. The van der Waals surface area contributed by atoms with E-state index in [1.54, 1.807) is 6.20 Å². The molecule has 2 aromatic heterocycles. The SMILES string of the molecule is CCCCCC(C)Nc1snc(N)c1-c1cccnc1. The molecule has 0 aliphatic rings. The van der Waals surface area contributed by atoms with Crippen LogP contribution in [-0.2, 0) is 0 Å². The Hall–Kier alpha value is -1.62. The summed E-state index contributed by atoms with van der Waals surface area (Å²) in [5.74, 6) is 0.575. The zero-order valence-corrected chi connectivity index (χ0v) is 12.9. The number of pyridine rings is 1. The molecule has 2 aromatic rings. The second kappa shape index (κ2) is 7.24. The van der Waals surface area contributed by atoms with Crippen LogP contribution in [0.25, 0.3) is 11.1 Å². The third kappa shape index (κ3) is 3.70. The van der Waals surface area contributed by atoms with Gasteiger partial charge in [0.05, 0.1) is 5.56 Å². The van der Waals surface area contributed by atoms with Crippen molar-refractivity contribution in [3.8, 4) is 11.1 Å². The van der Waals surface area contributed by atoms with Gasteiger partial charge in [-0.25, -0.2) is 0 Å². The van der Waals surface area contributed by atoms with Gasteiger partial charge in [0, 0.05) is 24.0 Å². The lowest BCUT2D eigenvalue weighted by Crippen LogP contribution is -2.14. The number of nitrogens with two attached hydrogens (primary N) is 1. The van der Waals surface area contributed by atoms with Gasteiger partial charge in [0.1, 0.15) is 10.8 Å². The smallest absolute Gasteiger partial charge is 0.147 e. The summed E-state index contributed by atoms with van der Waals surface area (Å²) in [7, 11) is 0. The molecule has 0 spiro atoms. The zero-order chi connectivity index (χ0) is 14.4. The highest BCUT2D eigenvalue weighted by Gasteiger charge is 2.15. The average molecular weight is 290 g/mol. The van der Waals surface area contributed by atoms with Gasteiger partial charge in [-0.05, 0) is 30.9 Å². The topological polar surface area (TPSA) is 63.8 Å². The molecular formula is C15H22N4S. The van der Waals surface area contributed by atoms with E-state index in [0.29, 0.717) is 11.9 Å². The van der Waals surface area contributed by atoms with Crippen LogP contribution in [0.2, 0.25) is 0 Å². The van der Waals surface area contributed by atoms with Crippen LogP contribution < -0.4 is 11.1 Å². The van der Waals surface area contributed by atoms with Crippen molar-refractivity contribution in [2.24, 2.45) is 0 Å². The van der Waals surface area contributed by atoms with Crippen LogP contribution in [0.5, 0.6) is 0 Å². The fraction of sp³-hybridized carbons (Fsp3) is 0.467. The summed E-state index contributed by atoms with van der Waals surface area (Å²) in [5.41, 5.74) is 8.00. The molecule has 0 amide bonds. The summed E-state index contributed by atoms with van der Waals surface area (Å²) in [6.07, 6.45) is 8.54. The summed E-state index contributed by atoms with van der Waals surface area (Å²) < 4.78 is 4.27. The van der Waals surface area contributed by atoms with Crippen molar-refractivity contribution in [3.05, 3.63) is 24.5 Å². The van der Waals surface area contributed by atoms with Gasteiger partial charge in [-0.15, -0.1) is 0 Å². The highest BCUT2D eigenvalue weighted by atomic mass is 32.1. The molecule has 0 saturated carbocycles. The van der Waals surface area contributed by atoms with Crippen LogP contribution in [0.4, 0.5) is 10.8 Å². The molecule has 1 atom stereocenters. The fourth-order valence-corrected chi connectivity index (χ4v) is 3.04. The largest absolute Gasteiger partial charge is 0.382 e. The number of aromatic nitrogens is 2. The van der Waals surface area contributed by atoms with Crippen molar-refractivity contribution in [3.63, 3.8) is 0 Å². The van der Waals surface area contributed by atoms with Crippen molar-refractivity contribution < 1.29 is 0 Å². The third-order valence-electron chi connectivity index (χ3n) is 3.29. The molecule has 0 bridgehead atoms. The summed E-state index contributed by atoms with van der Waals surface area (Å²) in [6.45, 7) is 4.43. The number of nitrogen functional groups attached to an aromatic ring is 1. The Morgan fingerprint density at radius 1 is 1.40 bits per heavy atom. The summed E-state index contributed by atoms with van der Waals surface area (Å²) >= 11 is 1.42. The van der Waals surface area contributed by atoms with Gasteiger partial charge in [-0.3, -0.25) is 4.98 Å². The molecule has 3 N–H and O–H groups in total. The minimum atomic E-state index is 0.428. The number of rotatable bonds is 7. The van der Waals surface area contributed by atoms with Gasteiger partial charge in [0.15, 0.2) is 0 Å². The molecule has 5 heteroatoms. The monoisotopic (exact) mass is 290 g/mol. The maximum Gasteiger partial charge on any atom is 0.147 e. The predicted octanol–water partition coefficient (Wildman–Crippen LogP) is 4.17. The summed E-state index contributed by atoms with van der Waals surface area (Å²) in [4.78, 5) is 4.16. The van der Waals surface area contributed by atoms with Crippen molar-refractivity contribution in [2.45, 2.75) is 45.6 Å². The van der Waals surface area contributed by atoms with E-state index in [1.165, 1.54) is 30.8 Å². The second-order valence-electron chi connectivity index (χ2n) is 5.05. The van der Waals surface area contributed by atoms with Crippen LogP contribution in [-0.4, -0.2) is 15.4 Å². The van der Waals surface area contributed by atoms with Gasteiger partial charge in [-0.1, -0.05) is 32.3 Å². The third-order valence-corrected chi connectivity index (χ3v) is 4.08. The van der Waals surface area contributed by atoms with E-state index in [1.807, 2.05) is 18.3 Å². The quantitative estimate of drug-likeness (QED) is 0.751. The van der Waals surface area contributed by atoms with Crippen molar-refractivity contribution in [1.29, 1.82) is 0 Å². The van der Waals surface area contributed by atoms with Gasteiger partial charge < -0.3 is 11.1 Å². The molecule has 4 nitrogen and oxygen atoms in total. The Bertz CT molecular complexity index is 524. The van der Waals surface area contributed by atoms with E-state index in [4.69, 9.17) is 5.73 Å². The molecular weight excluding hydrogens is 268 g/mol. The molecule has 1 unspecified atom stereocenters. The van der Waals surface area contributed by atoms with Crippen LogP contribution >= 0.6 is 11.5 Å². The lowest BCUT2D eigenvalue weighted by Gasteiger charge is -2.14. The Balaban J connectivity index is 2.10. The molecule has 20 heavy (non-hydrogen) atoms. The highest BCUT2D eigenvalue weighted by molar-refractivity contribution is 7.11. The fourth-order valence-electron chi connectivity index (χ4n) is 2.19. The van der Waals surface area contributed by atoms with E-state index in [2.05, 4.69) is 28.5 Å². The van der Waals surface area contributed by atoms with E-state index < -0.39 is 0 Å². The Morgan fingerprint density at radius 3 is 2.95 bits per heavy atom. The van der Waals surface area contributed by atoms with Gasteiger partial charge in [-0.2, -0.15) is 4.37 Å². The molecule has 0 aromatic carbocycles. The van der Waals surface area contributed by atoms with Gasteiger partial charge >= 0.3 is 0 Å². The molecule has 0 aliphatic heterocycles. The minimum Gasteiger partial charge on any atom is -0.382 e. The summed E-state index contributed by atoms with van der Waals surface area (Å²) in [5, 5.41) is 4.58. The minimum absolute atomic E-state index is 0.428.